The van der Waals surface area contributed by atoms with Crippen LogP contribution in [-0.4, -0.2) is 6.04 Å². The van der Waals surface area contributed by atoms with Crippen LogP contribution in [0.1, 0.15) is 18.1 Å². The lowest BCUT2D eigenvalue weighted by atomic mass is 9.99. The molecule has 1 atom stereocenters. The topological polar surface area (TPSA) is 26.0 Å². The first-order chi connectivity index (χ1) is 8.99. The molecule has 3 heteroatoms. The summed E-state index contributed by atoms with van der Waals surface area (Å²) in [5.74, 6) is -1.04. The molecule has 0 aromatic heterocycles. The van der Waals surface area contributed by atoms with E-state index in [0.717, 1.165) is 12.0 Å². The van der Waals surface area contributed by atoms with Gasteiger partial charge in [-0.2, -0.15) is 0 Å². The highest BCUT2D eigenvalue weighted by Gasteiger charge is 2.13. The molecule has 0 spiro atoms. The number of benzene rings is 2. The SMILES string of the molecule is Cc1ccc(F)c(-c2ccc(CC(C)N)cc2)c1F. The zero-order valence-electron chi connectivity index (χ0n) is 11.1. The minimum Gasteiger partial charge on any atom is -0.328 e. The fourth-order valence-corrected chi connectivity index (χ4v) is 2.10. The summed E-state index contributed by atoms with van der Waals surface area (Å²) in [5, 5.41) is 0. The Balaban J connectivity index is 2.40. The highest BCUT2D eigenvalue weighted by atomic mass is 19.1. The molecule has 0 saturated carbocycles. The molecule has 1 nitrogen and oxygen atoms in total. The van der Waals surface area contributed by atoms with Crippen molar-refractivity contribution in [2.24, 2.45) is 5.73 Å². The third kappa shape index (κ3) is 2.99. The van der Waals surface area contributed by atoms with Crippen molar-refractivity contribution in [3.63, 3.8) is 0 Å². The van der Waals surface area contributed by atoms with E-state index in [0.29, 0.717) is 11.1 Å². The third-order valence-corrected chi connectivity index (χ3v) is 3.08. The van der Waals surface area contributed by atoms with Gasteiger partial charge in [0.2, 0.25) is 0 Å². The molecule has 0 amide bonds. The van der Waals surface area contributed by atoms with E-state index in [-0.39, 0.29) is 11.6 Å². The van der Waals surface area contributed by atoms with Crippen LogP contribution in [0.15, 0.2) is 36.4 Å². The van der Waals surface area contributed by atoms with Gasteiger partial charge in [0.1, 0.15) is 11.6 Å². The van der Waals surface area contributed by atoms with Crippen molar-refractivity contribution in [2.75, 3.05) is 0 Å². The Morgan fingerprint density at radius 1 is 1.05 bits per heavy atom. The summed E-state index contributed by atoms with van der Waals surface area (Å²) in [6, 6.07) is 10.00. The molecule has 0 aliphatic carbocycles. The Labute approximate surface area is 112 Å². The molecule has 0 fully saturated rings. The summed E-state index contributed by atoms with van der Waals surface area (Å²) < 4.78 is 27.8. The molecular weight excluding hydrogens is 244 g/mol. The Morgan fingerprint density at radius 3 is 2.26 bits per heavy atom. The Kier molecular flexibility index (Phi) is 3.96. The molecule has 19 heavy (non-hydrogen) atoms. The van der Waals surface area contributed by atoms with E-state index in [4.69, 9.17) is 5.73 Å². The van der Waals surface area contributed by atoms with Crippen LogP contribution in [0.3, 0.4) is 0 Å². The number of aryl methyl sites for hydroxylation is 1. The maximum atomic E-state index is 14.0. The first-order valence-electron chi connectivity index (χ1n) is 6.28. The second-order valence-corrected chi connectivity index (χ2v) is 4.93. The first kappa shape index (κ1) is 13.7. The maximum absolute atomic E-state index is 14.0. The van der Waals surface area contributed by atoms with Crippen molar-refractivity contribution in [1.82, 2.24) is 0 Å². The highest BCUT2D eigenvalue weighted by Crippen LogP contribution is 2.28. The van der Waals surface area contributed by atoms with Crippen molar-refractivity contribution in [1.29, 1.82) is 0 Å². The van der Waals surface area contributed by atoms with E-state index in [1.807, 2.05) is 19.1 Å². The average Bonchev–Trinajstić information content (AvgIpc) is 2.36. The van der Waals surface area contributed by atoms with Gasteiger partial charge in [-0.15, -0.1) is 0 Å². The van der Waals surface area contributed by atoms with Gasteiger partial charge in [-0.1, -0.05) is 30.3 Å². The number of nitrogens with two attached hydrogens (primary N) is 1. The summed E-state index contributed by atoms with van der Waals surface area (Å²) in [7, 11) is 0. The van der Waals surface area contributed by atoms with Gasteiger partial charge >= 0.3 is 0 Å². The molecule has 0 radical (unpaired) electrons. The first-order valence-corrected chi connectivity index (χ1v) is 6.28. The zero-order valence-corrected chi connectivity index (χ0v) is 11.1. The molecular formula is C16H17F2N. The van der Waals surface area contributed by atoms with Gasteiger partial charge in [-0.25, -0.2) is 8.78 Å². The van der Waals surface area contributed by atoms with Gasteiger partial charge in [0.25, 0.3) is 0 Å². The average molecular weight is 261 g/mol. The molecule has 0 bridgehead atoms. The second-order valence-electron chi connectivity index (χ2n) is 4.93. The molecule has 100 valence electrons. The molecule has 0 aliphatic rings. The van der Waals surface area contributed by atoms with Gasteiger partial charge in [-0.3, -0.25) is 0 Å². The highest BCUT2D eigenvalue weighted by molar-refractivity contribution is 5.66. The molecule has 2 rings (SSSR count). The van der Waals surface area contributed by atoms with Crippen LogP contribution < -0.4 is 5.73 Å². The van der Waals surface area contributed by atoms with Crippen LogP contribution in [0.25, 0.3) is 11.1 Å². The van der Waals surface area contributed by atoms with Crippen molar-refractivity contribution >= 4 is 0 Å². The summed E-state index contributed by atoms with van der Waals surface area (Å²) in [6.07, 6.45) is 0.749. The van der Waals surface area contributed by atoms with Crippen molar-refractivity contribution in [3.05, 3.63) is 59.2 Å². The smallest absolute Gasteiger partial charge is 0.136 e. The molecule has 0 heterocycles. The summed E-state index contributed by atoms with van der Waals surface area (Å²) in [4.78, 5) is 0. The van der Waals surface area contributed by atoms with E-state index in [1.54, 1.807) is 19.1 Å². The fourth-order valence-electron chi connectivity index (χ4n) is 2.10. The molecule has 2 aromatic rings. The molecule has 2 aromatic carbocycles. The van der Waals surface area contributed by atoms with E-state index >= 15 is 0 Å². The monoisotopic (exact) mass is 261 g/mol. The fraction of sp³-hybridized carbons (Fsp3) is 0.250. The normalized spacial score (nSPS) is 12.5. The van der Waals surface area contributed by atoms with E-state index in [1.165, 1.54) is 12.1 Å². The molecule has 2 N–H and O–H groups in total. The quantitative estimate of drug-likeness (QED) is 0.892. The summed E-state index contributed by atoms with van der Waals surface area (Å²) in [5.41, 5.74) is 7.81. The minimum atomic E-state index is -0.539. The van der Waals surface area contributed by atoms with Gasteiger partial charge in [0.15, 0.2) is 0 Å². The van der Waals surface area contributed by atoms with Crippen LogP contribution in [0.2, 0.25) is 0 Å². The lowest BCUT2D eigenvalue weighted by Crippen LogP contribution is -2.17. The molecule has 1 unspecified atom stereocenters. The third-order valence-electron chi connectivity index (χ3n) is 3.08. The number of hydrogen-bond acceptors (Lipinski definition) is 1. The molecule has 0 saturated heterocycles. The Morgan fingerprint density at radius 2 is 1.68 bits per heavy atom. The van der Waals surface area contributed by atoms with E-state index in [2.05, 4.69) is 0 Å². The lowest BCUT2D eigenvalue weighted by molar-refractivity contribution is 0.584. The van der Waals surface area contributed by atoms with Gasteiger partial charge in [-0.05, 0) is 43.0 Å². The minimum absolute atomic E-state index is 0.0346. The van der Waals surface area contributed by atoms with Crippen molar-refractivity contribution < 1.29 is 8.78 Å². The number of halogens is 2. The largest absolute Gasteiger partial charge is 0.328 e. The lowest BCUT2D eigenvalue weighted by Gasteiger charge is -2.09. The Bertz CT molecular complexity index is 574. The van der Waals surface area contributed by atoms with E-state index in [9.17, 15) is 8.78 Å². The summed E-state index contributed by atoms with van der Waals surface area (Å²) >= 11 is 0. The second kappa shape index (κ2) is 5.49. The van der Waals surface area contributed by atoms with Crippen LogP contribution in [0.5, 0.6) is 0 Å². The number of rotatable bonds is 3. The Hall–Kier alpha value is -1.74. The number of hydrogen-bond donors (Lipinski definition) is 1. The zero-order chi connectivity index (χ0) is 14.0. The maximum Gasteiger partial charge on any atom is 0.136 e. The standard InChI is InChI=1S/C16H17F2N/c1-10-3-8-14(17)15(16(10)18)13-6-4-12(5-7-13)9-11(2)19/h3-8,11H,9,19H2,1-2H3. The predicted octanol–water partition coefficient (Wildman–Crippen LogP) is 3.83. The van der Waals surface area contributed by atoms with Gasteiger partial charge in [0, 0.05) is 6.04 Å². The van der Waals surface area contributed by atoms with Crippen LogP contribution in [0.4, 0.5) is 8.78 Å². The van der Waals surface area contributed by atoms with Gasteiger partial charge in [0.05, 0.1) is 5.56 Å². The van der Waals surface area contributed by atoms with Crippen LogP contribution in [-0.2, 0) is 6.42 Å². The van der Waals surface area contributed by atoms with Crippen molar-refractivity contribution in [2.45, 2.75) is 26.3 Å². The van der Waals surface area contributed by atoms with Crippen LogP contribution >= 0.6 is 0 Å². The van der Waals surface area contributed by atoms with Gasteiger partial charge < -0.3 is 5.73 Å². The van der Waals surface area contributed by atoms with Crippen molar-refractivity contribution in [3.8, 4) is 11.1 Å². The summed E-state index contributed by atoms with van der Waals surface area (Å²) in [6.45, 7) is 3.55. The molecule has 0 aliphatic heterocycles. The predicted molar refractivity (Wildman–Crippen MR) is 73.9 cm³/mol. The van der Waals surface area contributed by atoms with Crippen LogP contribution in [0, 0.1) is 18.6 Å². The van der Waals surface area contributed by atoms with E-state index < -0.39 is 11.6 Å².